The monoisotopic (exact) mass is 189 g/mol. The summed E-state index contributed by atoms with van der Waals surface area (Å²) in [5.41, 5.74) is 0.661. The maximum absolute atomic E-state index is 11.1. The minimum absolute atomic E-state index is 0.0632. The second-order valence-electron chi connectivity index (χ2n) is 3.09. The molecule has 0 fully saturated rings. The minimum Gasteiger partial charge on any atom is -0.352 e. The molecule has 0 bridgehead atoms. The van der Waals surface area contributed by atoms with Gasteiger partial charge in [0.25, 0.3) is 0 Å². The van der Waals surface area contributed by atoms with Gasteiger partial charge >= 0.3 is 0 Å². The average molecular weight is 189 g/mol. The van der Waals surface area contributed by atoms with Crippen LogP contribution in [0.3, 0.4) is 0 Å². The lowest BCUT2D eigenvalue weighted by molar-refractivity contribution is 0.101. The van der Waals surface area contributed by atoms with E-state index in [0.29, 0.717) is 5.69 Å². The van der Waals surface area contributed by atoms with Crippen LogP contribution in [0.5, 0.6) is 0 Å². The van der Waals surface area contributed by atoms with Crippen molar-refractivity contribution >= 4 is 17.9 Å². The molecule has 0 aromatic carbocycles. The lowest BCUT2D eigenvalue weighted by Crippen LogP contribution is -2.21. The van der Waals surface area contributed by atoms with E-state index < -0.39 is 0 Å². The van der Waals surface area contributed by atoms with E-state index in [0.717, 1.165) is 10.6 Å². The maximum Gasteiger partial charge on any atom is 0.175 e. The van der Waals surface area contributed by atoms with Crippen LogP contribution in [0.4, 0.5) is 0 Å². The number of Topliss-reactive ketones (excluding diaryl/α,β-unsaturated/α-hetero) is 1. The first kappa shape index (κ1) is 10.5. The maximum atomic E-state index is 11.1. The summed E-state index contributed by atoms with van der Waals surface area (Å²) in [7, 11) is 0. The number of aromatic nitrogens is 1. The molecule has 0 saturated heterocycles. The van der Waals surface area contributed by atoms with Crippen LogP contribution in [0.1, 0.15) is 31.3 Å². The molecule has 0 radical (unpaired) electrons. The van der Waals surface area contributed by atoms with Crippen LogP contribution in [0.15, 0.2) is 18.2 Å². The highest BCUT2D eigenvalue weighted by molar-refractivity contribution is 5.92. The summed E-state index contributed by atoms with van der Waals surface area (Å²) in [5, 5.41) is 2.05. The Labute approximate surface area is 83.7 Å². The van der Waals surface area contributed by atoms with E-state index in [2.05, 4.69) is 4.98 Å². The number of nitrogens with one attached hydrogen (secondary N) is 1. The van der Waals surface area contributed by atoms with Crippen molar-refractivity contribution in [1.29, 1.82) is 0 Å². The predicted octanol–water partition coefficient (Wildman–Crippen LogP) is 1.37. The Morgan fingerprint density at radius 2 is 2.14 bits per heavy atom. The predicted molar refractivity (Wildman–Crippen MR) is 59.5 cm³/mol. The molecule has 0 aliphatic rings. The number of allylic oxidation sites excluding steroid dienone is 2. The van der Waals surface area contributed by atoms with Crippen molar-refractivity contribution in [3.8, 4) is 0 Å². The van der Waals surface area contributed by atoms with Crippen LogP contribution in [0.2, 0.25) is 0 Å². The molecule has 0 spiro atoms. The largest absolute Gasteiger partial charge is 0.352 e. The molecule has 1 aromatic rings. The summed E-state index contributed by atoms with van der Waals surface area (Å²) < 4.78 is 0. The van der Waals surface area contributed by atoms with Gasteiger partial charge in [-0.15, -0.1) is 0 Å². The summed E-state index contributed by atoms with van der Waals surface area (Å²) in [6.45, 7) is 5.48. The number of hydrogen-bond acceptors (Lipinski definition) is 1. The van der Waals surface area contributed by atoms with E-state index in [-0.39, 0.29) is 5.78 Å². The van der Waals surface area contributed by atoms with Crippen molar-refractivity contribution in [2.24, 2.45) is 0 Å². The van der Waals surface area contributed by atoms with Gasteiger partial charge in [-0.25, -0.2) is 0 Å². The molecule has 1 heterocycles. The molecule has 0 saturated carbocycles. The highest BCUT2D eigenvalue weighted by atomic mass is 16.1. The fourth-order valence-corrected chi connectivity index (χ4v) is 1.25. The third-order valence-corrected chi connectivity index (χ3v) is 2.03. The quantitative estimate of drug-likeness (QED) is 0.700. The van der Waals surface area contributed by atoms with Gasteiger partial charge in [0.05, 0.1) is 5.69 Å². The number of ketones is 1. The molecule has 0 aliphatic heterocycles. The summed E-state index contributed by atoms with van der Waals surface area (Å²) >= 11 is 0. The molecule has 0 atom stereocenters. The topological polar surface area (TPSA) is 32.9 Å². The van der Waals surface area contributed by atoms with Gasteiger partial charge in [0.2, 0.25) is 0 Å². The Morgan fingerprint density at radius 1 is 1.43 bits per heavy atom. The highest BCUT2D eigenvalue weighted by Gasteiger charge is 1.99. The van der Waals surface area contributed by atoms with E-state index in [4.69, 9.17) is 0 Å². The van der Waals surface area contributed by atoms with E-state index in [9.17, 15) is 4.79 Å². The van der Waals surface area contributed by atoms with Crippen LogP contribution < -0.4 is 10.6 Å². The Hall–Kier alpha value is -1.57. The first-order chi connectivity index (χ1) is 6.69. The average Bonchev–Trinajstić information content (AvgIpc) is 2.57. The highest BCUT2D eigenvalue weighted by Crippen LogP contribution is 1.87. The van der Waals surface area contributed by atoms with Crippen LogP contribution in [-0.2, 0) is 0 Å². The Balaban J connectivity index is 3.37. The summed E-state index contributed by atoms with van der Waals surface area (Å²) in [5.74, 6) is 0.0632. The summed E-state index contributed by atoms with van der Waals surface area (Å²) in [6, 6.07) is 1.87. The number of H-pyrrole nitrogens is 1. The van der Waals surface area contributed by atoms with Crippen LogP contribution in [-0.4, -0.2) is 10.8 Å². The fourth-order valence-electron chi connectivity index (χ4n) is 1.25. The van der Waals surface area contributed by atoms with Crippen molar-refractivity contribution in [1.82, 2.24) is 4.98 Å². The van der Waals surface area contributed by atoms with Gasteiger partial charge in [-0.3, -0.25) is 4.79 Å². The SMILES string of the molecule is C\C=C/C=c1/[nH]c(C(C)=O)c/c1=C/C. The fraction of sp³-hybridized carbons (Fsp3) is 0.250. The van der Waals surface area contributed by atoms with Crippen molar-refractivity contribution in [2.75, 3.05) is 0 Å². The van der Waals surface area contributed by atoms with Crippen LogP contribution >= 0.6 is 0 Å². The zero-order valence-electron chi connectivity index (χ0n) is 8.79. The van der Waals surface area contributed by atoms with Gasteiger partial charge in [0.1, 0.15) is 0 Å². The van der Waals surface area contributed by atoms with E-state index >= 15 is 0 Å². The second kappa shape index (κ2) is 4.61. The van der Waals surface area contributed by atoms with E-state index in [1.165, 1.54) is 0 Å². The third-order valence-electron chi connectivity index (χ3n) is 2.03. The lowest BCUT2D eigenvalue weighted by atomic mass is 10.3. The molecule has 1 rings (SSSR count). The van der Waals surface area contributed by atoms with Crippen molar-refractivity contribution in [3.05, 3.63) is 34.5 Å². The minimum atomic E-state index is 0.0632. The van der Waals surface area contributed by atoms with Crippen LogP contribution in [0, 0.1) is 0 Å². The molecular weight excluding hydrogens is 174 g/mol. The molecule has 2 nitrogen and oxygen atoms in total. The molecule has 0 unspecified atom stereocenters. The third kappa shape index (κ3) is 2.22. The van der Waals surface area contributed by atoms with E-state index in [1.807, 2.05) is 44.2 Å². The Bertz CT molecular complexity index is 463. The molecule has 1 N–H and O–H groups in total. The van der Waals surface area contributed by atoms with Crippen LogP contribution in [0.25, 0.3) is 12.2 Å². The molecule has 0 amide bonds. The Morgan fingerprint density at radius 3 is 2.64 bits per heavy atom. The number of hydrogen-bond donors (Lipinski definition) is 1. The molecular formula is C12H15NO. The van der Waals surface area contributed by atoms with E-state index in [1.54, 1.807) is 6.92 Å². The summed E-state index contributed by atoms with van der Waals surface area (Å²) in [4.78, 5) is 14.2. The van der Waals surface area contributed by atoms with Gasteiger partial charge < -0.3 is 4.98 Å². The first-order valence-electron chi connectivity index (χ1n) is 4.68. The van der Waals surface area contributed by atoms with Crippen molar-refractivity contribution in [3.63, 3.8) is 0 Å². The molecule has 74 valence electrons. The van der Waals surface area contributed by atoms with Gasteiger partial charge in [0.15, 0.2) is 5.78 Å². The summed E-state index contributed by atoms with van der Waals surface area (Å²) in [6.07, 6.45) is 7.84. The second-order valence-corrected chi connectivity index (χ2v) is 3.09. The molecule has 14 heavy (non-hydrogen) atoms. The first-order valence-corrected chi connectivity index (χ1v) is 4.68. The smallest absolute Gasteiger partial charge is 0.175 e. The number of rotatable bonds is 2. The standard InChI is InChI=1S/C12H15NO/c1-4-6-7-11-10(5-2)8-12(13-11)9(3)14/h4-8,13H,1-3H3/b6-4-,10-5-,11-7+. The van der Waals surface area contributed by atoms with Gasteiger partial charge in [-0.2, -0.15) is 0 Å². The van der Waals surface area contributed by atoms with Gasteiger partial charge in [-0.05, 0) is 31.2 Å². The van der Waals surface area contributed by atoms with Gasteiger partial charge in [0, 0.05) is 12.3 Å². The number of aromatic amines is 1. The number of carbonyl (C=O) groups is 1. The zero-order valence-corrected chi connectivity index (χ0v) is 8.79. The zero-order chi connectivity index (χ0) is 10.6. The number of carbonyl (C=O) groups excluding carboxylic acids is 1. The molecule has 2 heteroatoms. The van der Waals surface area contributed by atoms with Crippen molar-refractivity contribution in [2.45, 2.75) is 20.8 Å². The van der Waals surface area contributed by atoms with Gasteiger partial charge in [-0.1, -0.05) is 18.2 Å². The normalized spacial score (nSPS) is 14.2. The van der Waals surface area contributed by atoms with Crippen molar-refractivity contribution < 1.29 is 4.79 Å². The molecule has 0 aliphatic carbocycles. The molecule has 1 aromatic heterocycles. The Kier molecular flexibility index (Phi) is 3.46. The lowest BCUT2D eigenvalue weighted by Gasteiger charge is -1.83.